The molecule has 2 atom stereocenters. The quantitative estimate of drug-likeness (QED) is 0.811. The molecule has 0 radical (unpaired) electrons. The molecular formula is C14H17BrClN3S. The summed E-state index contributed by atoms with van der Waals surface area (Å²) >= 11 is 11.6. The number of aliphatic imine (C=N–C) groups is 1. The van der Waals surface area contributed by atoms with Crippen LogP contribution in [0.2, 0.25) is 5.02 Å². The van der Waals surface area contributed by atoms with Gasteiger partial charge >= 0.3 is 0 Å². The van der Waals surface area contributed by atoms with Crippen molar-refractivity contribution in [2.45, 2.75) is 30.6 Å². The predicted molar refractivity (Wildman–Crippen MR) is 92.0 cm³/mol. The lowest BCUT2D eigenvalue weighted by Crippen LogP contribution is -2.58. The van der Waals surface area contributed by atoms with Crippen molar-refractivity contribution in [2.75, 3.05) is 17.2 Å². The van der Waals surface area contributed by atoms with Gasteiger partial charge in [-0.05, 0) is 52.7 Å². The Balaban J connectivity index is 2.03. The van der Waals surface area contributed by atoms with Gasteiger partial charge in [-0.3, -0.25) is 4.99 Å². The third-order valence-electron chi connectivity index (χ3n) is 4.23. The number of benzene rings is 1. The van der Waals surface area contributed by atoms with Gasteiger partial charge in [-0.2, -0.15) is 11.8 Å². The molecule has 0 aromatic heterocycles. The number of thioether (sulfide) groups is 1. The summed E-state index contributed by atoms with van der Waals surface area (Å²) in [6.45, 7) is 3.07. The molecule has 108 valence electrons. The van der Waals surface area contributed by atoms with Crippen LogP contribution in [0.3, 0.4) is 0 Å². The second-order valence-electron chi connectivity index (χ2n) is 5.33. The first-order valence-corrected chi connectivity index (χ1v) is 8.93. The minimum atomic E-state index is 0.0142. The molecule has 0 bridgehead atoms. The zero-order valence-corrected chi connectivity index (χ0v) is 14.4. The maximum Gasteiger partial charge on any atom is 0.196 e. The number of anilines is 1. The first-order chi connectivity index (χ1) is 9.54. The van der Waals surface area contributed by atoms with Gasteiger partial charge in [0.1, 0.15) is 0 Å². The summed E-state index contributed by atoms with van der Waals surface area (Å²) in [5.41, 5.74) is 7.26. The summed E-state index contributed by atoms with van der Waals surface area (Å²) in [7, 11) is 0. The molecule has 1 aromatic rings. The lowest BCUT2D eigenvalue weighted by atomic mass is 9.88. The molecule has 1 fully saturated rings. The van der Waals surface area contributed by atoms with E-state index in [0.29, 0.717) is 16.2 Å². The second-order valence-corrected chi connectivity index (χ2v) is 8.04. The topological polar surface area (TPSA) is 41.6 Å². The van der Waals surface area contributed by atoms with E-state index in [1.807, 2.05) is 30.0 Å². The maximum atomic E-state index is 6.19. The summed E-state index contributed by atoms with van der Waals surface area (Å²) in [5, 5.41) is 1.22. The predicted octanol–water partition coefficient (Wildman–Crippen LogP) is 3.89. The highest BCUT2D eigenvalue weighted by Crippen LogP contribution is 2.44. The Morgan fingerprint density at radius 1 is 1.55 bits per heavy atom. The minimum Gasteiger partial charge on any atom is -0.369 e. The third-order valence-corrected chi connectivity index (χ3v) is 6.91. The van der Waals surface area contributed by atoms with Gasteiger partial charge in [-0.15, -0.1) is 0 Å². The highest BCUT2D eigenvalue weighted by atomic mass is 79.9. The van der Waals surface area contributed by atoms with Crippen LogP contribution in [0.15, 0.2) is 27.7 Å². The van der Waals surface area contributed by atoms with E-state index in [1.54, 1.807) is 0 Å². The van der Waals surface area contributed by atoms with E-state index >= 15 is 0 Å². The molecule has 2 aliphatic heterocycles. The largest absolute Gasteiger partial charge is 0.369 e. The Hall–Kier alpha value is -0.390. The summed E-state index contributed by atoms with van der Waals surface area (Å²) in [4.78, 5) is 6.75. The van der Waals surface area contributed by atoms with Crippen LogP contribution in [0.1, 0.15) is 19.8 Å². The smallest absolute Gasteiger partial charge is 0.196 e. The number of guanidine groups is 1. The standard InChI is InChI=1S/C14H17BrClN3S/c1-9-14(5-2-6-20-9)8-18-13(17)19(14)10-3-4-12(16)11(15)7-10/h3-4,7,9H,2,5-6,8H2,1H3,(H2,17,18). The van der Waals surface area contributed by atoms with Gasteiger partial charge in [-0.1, -0.05) is 18.5 Å². The van der Waals surface area contributed by atoms with E-state index < -0.39 is 0 Å². The number of halogens is 2. The molecule has 0 saturated carbocycles. The first-order valence-electron chi connectivity index (χ1n) is 6.71. The Labute approximate surface area is 137 Å². The molecule has 2 aliphatic rings. The van der Waals surface area contributed by atoms with Crippen LogP contribution >= 0.6 is 39.3 Å². The van der Waals surface area contributed by atoms with Crippen molar-refractivity contribution < 1.29 is 0 Å². The molecule has 1 spiro atoms. The molecule has 20 heavy (non-hydrogen) atoms. The fourth-order valence-electron chi connectivity index (χ4n) is 3.10. The lowest BCUT2D eigenvalue weighted by molar-refractivity contribution is 0.404. The van der Waals surface area contributed by atoms with Crippen molar-refractivity contribution in [1.29, 1.82) is 0 Å². The van der Waals surface area contributed by atoms with Gasteiger partial charge in [0.2, 0.25) is 0 Å². The Morgan fingerprint density at radius 3 is 3.05 bits per heavy atom. The summed E-state index contributed by atoms with van der Waals surface area (Å²) < 4.78 is 0.891. The van der Waals surface area contributed by atoms with Gasteiger partial charge in [0.25, 0.3) is 0 Å². The Morgan fingerprint density at radius 2 is 2.35 bits per heavy atom. The maximum absolute atomic E-state index is 6.19. The average molecular weight is 375 g/mol. The van der Waals surface area contributed by atoms with E-state index in [1.165, 1.54) is 12.2 Å². The fraction of sp³-hybridized carbons (Fsp3) is 0.500. The molecule has 6 heteroatoms. The summed E-state index contributed by atoms with van der Waals surface area (Å²) in [6, 6.07) is 5.96. The van der Waals surface area contributed by atoms with Crippen LogP contribution in [0.25, 0.3) is 0 Å². The highest BCUT2D eigenvalue weighted by molar-refractivity contribution is 9.10. The Bertz CT molecular complexity index is 565. The Kier molecular flexibility index (Phi) is 3.95. The molecule has 2 heterocycles. The van der Waals surface area contributed by atoms with E-state index in [-0.39, 0.29) is 5.54 Å². The molecular weight excluding hydrogens is 358 g/mol. The molecule has 3 rings (SSSR count). The monoisotopic (exact) mass is 373 g/mol. The van der Waals surface area contributed by atoms with Gasteiger partial charge in [0.15, 0.2) is 5.96 Å². The number of hydrogen-bond acceptors (Lipinski definition) is 4. The SMILES string of the molecule is CC1SCCCC12CN=C(N)N2c1ccc(Cl)c(Br)c1. The van der Waals surface area contributed by atoms with Crippen molar-refractivity contribution in [1.82, 2.24) is 0 Å². The second kappa shape index (κ2) is 5.43. The van der Waals surface area contributed by atoms with Gasteiger partial charge in [0, 0.05) is 15.4 Å². The summed E-state index contributed by atoms with van der Waals surface area (Å²) in [6.07, 6.45) is 2.34. The van der Waals surface area contributed by atoms with Crippen molar-refractivity contribution >= 4 is 50.9 Å². The molecule has 3 nitrogen and oxygen atoms in total. The van der Waals surface area contributed by atoms with E-state index in [0.717, 1.165) is 23.1 Å². The number of nitrogens with zero attached hydrogens (tertiary/aromatic N) is 2. The first kappa shape index (κ1) is 14.5. The van der Waals surface area contributed by atoms with Gasteiger partial charge in [0.05, 0.1) is 17.1 Å². The van der Waals surface area contributed by atoms with E-state index in [9.17, 15) is 0 Å². The van der Waals surface area contributed by atoms with Crippen molar-refractivity contribution in [3.05, 3.63) is 27.7 Å². The fourth-order valence-corrected chi connectivity index (χ4v) is 4.86. The van der Waals surface area contributed by atoms with Crippen LogP contribution in [0, 0.1) is 0 Å². The molecule has 2 N–H and O–H groups in total. The minimum absolute atomic E-state index is 0.0142. The van der Waals surface area contributed by atoms with Crippen molar-refractivity contribution in [3.8, 4) is 0 Å². The van der Waals surface area contributed by atoms with Crippen LogP contribution in [0.4, 0.5) is 5.69 Å². The number of rotatable bonds is 1. The molecule has 0 amide bonds. The number of hydrogen-bond donors (Lipinski definition) is 1. The van der Waals surface area contributed by atoms with Gasteiger partial charge < -0.3 is 10.6 Å². The van der Waals surface area contributed by atoms with E-state index in [4.69, 9.17) is 17.3 Å². The van der Waals surface area contributed by atoms with Crippen LogP contribution in [0.5, 0.6) is 0 Å². The van der Waals surface area contributed by atoms with Gasteiger partial charge in [-0.25, -0.2) is 0 Å². The number of nitrogens with two attached hydrogens (primary N) is 1. The highest BCUT2D eigenvalue weighted by Gasteiger charge is 2.48. The zero-order valence-electron chi connectivity index (χ0n) is 11.3. The molecule has 1 aromatic carbocycles. The molecule has 0 aliphatic carbocycles. The van der Waals surface area contributed by atoms with Crippen LogP contribution < -0.4 is 10.6 Å². The molecule has 1 saturated heterocycles. The van der Waals surface area contributed by atoms with Crippen molar-refractivity contribution in [2.24, 2.45) is 10.7 Å². The summed E-state index contributed by atoms with van der Waals surface area (Å²) in [5.74, 6) is 1.84. The van der Waals surface area contributed by atoms with Crippen LogP contribution in [-0.4, -0.2) is 29.0 Å². The normalized spacial score (nSPS) is 29.9. The molecule has 2 unspecified atom stereocenters. The zero-order chi connectivity index (χ0) is 14.3. The average Bonchev–Trinajstić information content (AvgIpc) is 2.75. The van der Waals surface area contributed by atoms with E-state index in [2.05, 4.69) is 32.7 Å². The third kappa shape index (κ3) is 2.24. The lowest BCUT2D eigenvalue weighted by Gasteiger charge is -2.46. The van der Waals surface area contributed by atoms with Crippen molar-refractivity contribution in [3.63, 3.8) is 0 Å². The van der Waals surface area contributed by atoms with Crippen LogP contribution in [-0.2, 0) is 0 Å².